The minimum Gasteiger partial charge on any atom is -0.447 e. The first-order valence-corrected chi connectivity index (χ1v) is 10.3. The third-order valence-corrected chi connectivity index (χ3v) is 6.60. The number of rotatable bonds is 5. The number of piperidine rings is 3. The van der Waals surface area contributed by atoms with E-state index < -0.39 is 0 Å². The Labute approximate surface area is 163 Å². The summed E-state index contributed by atoms with van der Waals surface area (Å²) in [4.78, 5) is 26.5. The van der Waals surface area contributed by atoms with Gasteiger partial charge in [0.15, 0.2) is 10.8 Å². The summed E-state index contributed by atoms with van der Waals surface area (Å²) in [5.74, 6) is 1.24. The molecule has 2 aromatic rings. The summed E-state index contributed by atoms with van der Waals surface area (Å²) in [5.41, 5.74) is 1.29. The smallest absolute Gasteiger partial charge is 0.251 e. The first-order valence-electron chi connectivity index (χ1n) is 9.43. The molecule has 2 atom stereocenters. The van der Waals surface area contributed by atoms with Crippen LogP contribution in [0.3, 0.4) is 0 Å². The van der Waals surface area contributed by atoms with Crippen LogP contribution in [0.4, 0.5) is 0 Å². The van der Waals surface area contributed by atoms with Gasteiger partial charge < -0.3 is 10.1 Å². The van der Waals surface area contributed by atoms with Gasteiger partial charge in [-0.3, -0.25) is 14.5 Å². The minimum absolute atomic E-state index is 0.0232. The van der Waals surface area contributed by atoms with Crippen molar-refractivity contribution >= 4 is 23.0 Å². The van der Waals surface area contributed by atoms with Crippen LogP contribution >= 0.6 is 11.3 Å². The Kier molecular flexibility index (Phi) is 5.02. The van der Waals surface area contributed by atoms with Crippen LogP contribution in [0.25, 0.3) is 0 Å². The second-order valence-corrected chi connectivity index (χ2v) is 8.32. The molecule has 0 saturated carbocycles. The molecule has 5 nitrogen and oxygen atoms in total. The molecule has 4 heterocycles. The molecule has 1 aromatic heterocycles. The van der Waals surface area contributed by atoms with Crippen LogP contribution in [0.2, 0.25) is 0 Å². The Morgan fingerprint density at radius 1 is 1.15 bits per heavy atom. The number of ether oxygens (including phenoxy) is 1. The van der Waals surface area contributed by atoms with Crippen LogP contribution in [-0.4, -0.2) is 41.8 Å². The molecule has 5 rings (SSSR count). The summed E-state index contributed by atoms with van der Waals surface area (Å²) in [6.45, 7) is 6.05. The fraction of sp³-hybridized carbons (Fsp3) is 0.429. The average molecular weight is 385 g/mol. The van der Waals surface area contributed by atoms with Crippen molar-refractivity contribution in [2.24, 2.45) is 5.92 Å². The molecule has 1 N–H and O–H groups in total. The molecular formula is C21H24N2O3S. The van der Waals surface area contributed by atoms with Crippen molar-refractivity contribution in [3.63, 3.8) is 0 Å². The van der Waals surface area contributed by atoms with Crippen molar-refractivity contribution in [2.75, 3.05) is 13.1 Å². The van der Waals surface area contributed by atoms with Gasteiger partial charge in [0.05, 0.1) is 0 Å². The fourth-order valence-electron chi connectivity index (χ4n) is 4.13. The minimum atomic E-state index is -0.0258. The molecule has 3 fully saturated rings. The standard InChI is InChI=1S/C21H24N2O3S/c1-13-20(15-7-9-23(13)10-8-15)22-21(25)16-3-5-18(6-4-16)26-19-11-17(12-27-19)14(2)24/h3-6,11-13,15,20H,7-10H2,1-2H3,(H,22,25)/t13-,20-/m0/s1. The normalized spacial score (nSPS) is 26.6. The van der Waals surface area contributed by atoms with Crippen LogP contribution in [0.1, 0.15) is 47.4 Å². The van der Waals surface area contributed by atoms with E-state index in [9.17, 15) is 9.59 Å². The van der Waals surface area contributed by atoms with Crippen LogP contribution < -0.4 is 10.1 Å². The average Bonchev–Trinajstić information content (AvgIpc) is 3.14. The number of nitrogens with one attached hydrogen (secondary N) is 1. The summed E-state index contributed by atoms with van der Waals surface area (Å²) < 4.78 is 5.78. The maximum Gasteiger partial charge on any atom is 0.251 e. The summed E-state index contributed by atoms with van der Waals surface area (Å²) in [7, 11) is 0. The first kappa shape index (κ1) is 18.2. The number of carbonyl (C=O) groups excluding carboxylic acids is 2. The molecule has 1 aromatic carbocycles. The Morgan fingerprint density at radius 3 is 2.44 bits per heavy atom. The number of hydrogen-bond donors (Lipinski definition) is 1. The van der Waals surface area contributed by atoms with Crippen LogP contribution in [0.5, 0.6) is 10.8 Å². The Morgan fingerprint density at radius 2 is 1.85 bits per heavy atom. The molecule has 0 unspecified atom stereocenters. The molecule has 1 amide bonds. The highest BCUT2D eigenvalue weighted by Gasteiger charge is 2.40. The van der Waals surface area contributed by atoms with Gasteiger partial charge in [0.2, 0.25) is 0 Å². The summed E-state index contributed by atoms with van der Waals surface area (Å²) >= 11 is 1.39. The van der Waals surface area contributed by atoms with E-state index >= 15 is 0 Å². The Balaban J connectivity index is 1.39. The highest BCUT2D eigenvalue weighted by molar-refractivity contribution is 7.12. The number of fused-ring (bicyclic) bond motifs is 3. The predicted molar refractivity (Wildman–Crippen MR) is 106 cm³/mol. The lowest BCUT2D eigenvalue weighted by molar-refractivity contribution is 0.0217. The number of amides is 1. The van der Waals surface area contributed by atoms with E-state index in [2.05, 4.69) is 17.1 Å². The molecule has 3 saturated heterocycles. The first-order chi connectivity index (χ1) is 13.0. The van der Waals surface area contributed by atoms with Crippen molar-refractivity contribution in [2.45, 2.75) is 38.8 Å². The zero-order valence-corrected chi connectivity index (χ0v) is 16.4. The van der Waals surface area contributed by atoms with Crippen molar-refractivity contribution in [1.82, 2.24) is 10.2 Å². The van der Waals surface area contributed by atoms with Gasteiger partial charge in [-0.25, -0.2) is 0 Å². The molecule has 0 aliphatic carbocycles. The van der Waals surface area contributed by atoms with E-state index in [-0.39, 0.29) is 17.7 Å². The summed E-state index contributed by atoms with van der Waals surface area (Å²) in [5, 5.41) is 5.70. The van der Waals surface area contributed by atoms with Gasteiger partial charge in [-0.05, 0) is 70.0 Å². The molecule has 2 bridgehead atoms. The number of ketones is 1. The second kappa shape index (κ2) is 7.44. The van der Waals surface area contributed by atoms with Gasteiger partial charge in [-0.2, -0.15) is 0 Å². The van der Waals surface area contributed by atoms with Crippen LogP contribution in [0.15, 0.2) is 35.7 Å². The maximum atomic E-state index is 12.7. The highest BCUT2D eigenvalue weighted by Crippen LogP contribution is 2.32. The van der Waals surface area contributed by atoms with E-state index in [0.29, 0.717) is 33.9 Å². The van der Waals surface area contributed by atoms with E-state index in [4.69, 9.17) is 4.74 Å². The molecule has 3 aliphatic rings. The number of Topliss-reactive ketones (excluding diaryl/α,β-unsaturated/α-hetero) is 1. The Hall–Kier alpha value is -2.18. The van der Waals surface area contributed by atoms with Gasteiger partial charge >= 0.3 is 0 Å². The molecule has 3 aliphatic heterocycles. The van der Waals surface area contributed by atoms with Gasteiger partial charge in [0.25, 0.3) is 5.91 Å². The van der Waals surface area contributed by atoms with Gasteiger partial charge in [0, 0.05) is 34.7 Å². The fourth-order valence-corrected chi connectivity index (χ4v) is 4.94. The molecule has 0 spiro atoms. The van der Waals surface area contributed by atoms with Crippen molar-refractivity contribution < 1.29 is 14.3 Å². The SMILES string of the molecule is CC(=O)c1csc(Oc2ccc(C(=O)N[C@@H]3C4CCN(CC4)[C@H]3C)cc2)c1. The van der Waals surface area contributed by atoms with Gasteiger partial charge in [-0.15, -0.1) is 11.3 Å². The van der Waals surface area contributed by atoms with Gasteiger partial charge in [0.1, 0.15) is 5.75 Å². The van der Waals surface area contributed by atoms with E-state index in [0.717, 1.165) is 13.1 Å². The zero-order valence-electron chi connectivity index (χ0n) is 15.6. The lowest BCUT2D eigenvalue weighted by atomic mass is 9.79. The Bertz CT molecular complexity index is 835. The third kappa shape index (κ3) is 3.77. The summed E-state index contributed by atoms with van der Waals surface area (Å²) in [6.07, 6.45) is 2.34. The number of carbonyl (C=O) groups is 2. The molecule has 6 heteroatoms. The lowest BCUT2D eigenvalue weighted by Gasteiger charge is -2.49. The van der Waals surface area contributed by atoms with Crippen LogP contribution in [0, 0.1) is 5.92 Å². The van der Waals surface area contributed by atoms with E-state index in [1.165, 1.54) is 31.1 Å². The van der Waals surface area contributed by atoms with Crippen molar-refractivity contribution in [3.8, 4) is 10.8 Å². The molecule has 0 radical (unpaired) electrons. The maximum absolute atomic E-state index is 12.7. The van der Waals surface area contributed by atoms with Crippen molar-refractivity contribution in [3.05, 3.63) is 46.8 Å². The number of hydrogen-bond acceptors (Lipinski definition) is 5. The molecule has 27 heavy (non-hydrogen) atoms. The van der Waals surface area contributed by atoms with Gasteiger partial charge in [-0.1, -0.05) is 0 Å². The third-order valence-electron chi connectivity index (χ3n) is 5.79. The quantitative estimate of drug-likeness (QED) is 0.793. The highest BCUT2D eigenvalue weighted by atomic mass is 32.1. The van der Waals surface area contributed by atoms with Crippen LogP contribution in [-0.2, 0) is 0 Å². The van der Waals surface area contributed by atoms with Crippen molar-refractivity contribution in [1.29, 1.82) is 0 Å². The number of thiophene rings is 1. The lowest BCUT2D eigenvalue weighted by Crippen LogP contribution is -2.62. The number of benzene rings is 1. The number of nitrogens with zero attached hydrogens (tertiary/aromatic N) is 1. The molecule has 142 valence electrons. The largest absolute Gasteiger partial charge is 0.447 e. The second-order valence-electron chi connectivity index (χ2n) is 7.45. The zero-order chi connectivity index (χ0) is 19.0. The van der Waals surface area contributed by atoms with E-state index in [1.807, 2.05) is 0 Å². The molecular weight excluding hydrogens is 360 g/mol. The summed E-state index contributed by atoms with van der Waals surface area (Å²) in [6, 6.07) is 9.53. The monoisotopic (exact) mass is 384 g/mol. The topological polar surface area (TPSA) is 58.6 Å². The van der Waals surface area contributed by atoms with E-state index in [1.54, 1.807) is 35.7 Å². The predicted octanol–water partition coefficient (Wildman–Crippen LogP) is 3.96.